The van der Waals surface area contributed by atoms with Crippen LogP contribution in [-0.4, -0.2) is 80.4 Å². The molecular weight excluding hydrogens is 389 g/mol. The lowest BCUT2D eigenvalue weighted by molar-refractivity contribution is -0.144. The van der Waals surface area contributed by atoms with Crippen molar-refractivity contribution in [2.24, 2.45) is 11.7 Å². The zero-order valence-electron chi connectivity index (χ0n) is 16.9. The number of ether oxygens (including phenoxy) is 2. The van der Waals surface area contributed by atoms with Gasteiger partial charge in [0.25, 0.3) is 0 Å². The average molecular weight is 428 g/mol. The number of nitrogens with zero attached hydrogens (tertiary/aromatic N) is 2. The number of likely N-dealkylation sites (tertiary alicyclic amines) is 1. The molecule has 2 heterocycles. The van der Waals surface area contributed by atoms with Crippen LogP contribution in [0.5, 0.6) is 0 Å². The van der Waals surface area contributed by atoms with Crippen LogP contribution in [-0.2, 0) is 14.3 Å². The van der Waals surface area contributed by atoms with Gasteiger partial charge in [-0.2, -0.15) is 0 Å². The molecule has 8 heteroatoms. The van der Waals surface area contributed by atoms with Gasteiger partial charge in [0.2, 0.25) is 5.91 Å². The first-order valence-electron chi connectivity index (χ1n) is 10.1. The molecule has 2 aliphatic rings. The first-order chi connectivity index (χ1) is 12.2. The van der Waals surface area contributed by atoms with E-state index in [4.69, 9.17) is 15.2 Å². The van der Waals surface area contributed by atoms with Gasteiger partial charge >= 0.3 is 0 Å². The Hall–Kier alpha value is -0.110. The van der Waals surface area contributed by atoms with Gasteiger partial charge in [-0.25, -0.2) is 0 Å². The SMILES string of the molecule is CCC(CC)C(C(=O)N1CCC(OCCCN)CC1)N1CCOCC1.Cl.Cl. The van der Waals surface area contributed by atoms with Gasteiger partial charge in [0.15, 0.2) is 0 Å². The van der Waals surface area contributed by atoms with E-state index in [0.29, 0.717) is 18.4 Å². The number of morpholine rings is 1. The lowest BCUT2D eigenvalue weighted by Gasteiger charge is -2.41. The van der Waals surface area contributed by atoms with E-state index >= 15 is 0 Å². The summed E-state index contributed by atoms with van der Waals surface area (Å²) in [7, 11) is 0. The van der Waals surface area contributed by atoms with Crippen LogP contribution in [0.15, 0.2) is 0 Å². The second-order valence-electron chi connectivity index (χ2n) is 7.21. The molecule has 2 rings (SSSR count). The van der Waals surface area contributed by atoms with Crippen LogP contribution in [0.4, 0.5) is 0 Å². The molecular formula is C19H39Cl2N3O3. The number of carbonyl (C=O) groups is 1. The second kappa shape index (κ2) is 14.8. The molecule has 0 aromatic rings. The lowest BCUT2D eigenvalue weighted by atomic mass is 9.90. The van der Waals surface area contributed by atoms with Crippen LogP contribution >= 0.6 is 24.8 Å². The van der Waals surface area contributed by atoms with Crippen LogP contribution in [0.3, 0.4) is 0 Å². The summed E-state index contributed by atoms with van der Waals surface area (Å²) in [6, 6.07) is 0.00797. The number of hydrogen-bond donors (Lipinski definition) is 1. The minimum absolute atomic E-state index is 0. The molecule has 0 aromatic heterocycles. The van der Waals surface area contributed by atoms with Gasteiger partial charge in [0.05, 0.1) is 25.4 Å². The Bertz CT molecular complexity index is 386. The van der Waals surface area contributed by atoms with Crippen molar-refractivity contribution in [1.82, 2.24) is 9.80 Å². The van der Waals surface area contributed by atoms with Gasteiger partial charge in [-0.3, -0.25) is 9.69 Å². The molecule has 0 aromatic carbocycles. The van der Waals surface area contributed by atoms with Crippen molar-refractivity contribution >= 4 is 30.7 Å². The number of amides is 1. The van der Waals surface area contributed by atoms with Crippen molar-refractivity contribution in [3.63, 3.8) is 0 Å². The van der Waals surface area contributed by atoms with Gasteiger partial charge in [0, 0.05) is 32.8 Å². The summed E-state index contributed by atoms with van der Waals surface area (Å²) in [5, 5.41) is 0. The summed E-state index contributed by atoms with van der Waals surface area (Å²) in [5.41, 5.74) is 5.52. The number of rotatable bonds is 9. The van der Waals surface area contributed by atoms with E-state index in [1.807, 2.05) is 0 Å². The normalized spacial score (nSPS) is 20.1. The minimum Gasteiger partial charge on any atom is -0.379 e. The zero-order chi connectivity index (χ0) is 18.1. The molecule has 27 heavy (non-hydrogen) atoms. The molecule has 162 valence electrons. The lowest BCUT2D eigenvalue weighted by Crippen LogP contribution is -2.56. The van der Waals surface area contributed by atoms with E-state index in [1.54, 1.807) is 0 Å². The quantitative estimate of drug-likeness (QED) is 0.571. The second-order valence-corrected chi connectivity index (χ2v) is 7.21. The third kappa shape index (κ3) is 8.03. The third-order valence-corrected chi connectivity index (χ3v) is 5.64. The summed E-state index contributed by atoms with van der Waals surface area (Å²) in [6.45, 7) is 10.6. The Labute approximate surface area is 177 Å². The van der Waals surface area contributed by atoms with Crippen molar-refractivity contribution in [3.05, 3.63) is 0 Å². The standard InChI is InChI=1S/C19H37N3O3.2ClH/c1-3-16(4-2)18(21-11-14-24-15-12-21)19(23)22-9-6-17(7-10-22)25-13-5-8-20;;/h16-18H,3-15,20H2,1-2H3;2*1H. The number of nitrogens with two attached hydrogens (primary N) is 1. The molecule has 0 radical (unpaired) electrons. The van der Waals surface area contributed by atoms with Gasteiger partial charge in [-0.05, 0) is 31.7 Å². The highest BCUT2D eigenvalue weighted by molar-refractivity contribution is 5.85. The fourth-order valence-corrected chi connectivity index (χ4v) is 4.01. The first-order valence-corrected chi connectivity index (χ1v) is 10.1. The fraction of sp³-hybridized carbons (Fsp3) is 0.947. The topological polar surface area (TPSA) is 68.0 Å². The maximum absolute atomic E-state index is 13.3. The Kier molecular flexibility index (Phi) is 14.8. The smallest absolute Gasteiger partial charge is 0.240 e. The largest absolute Gasteiger partial charge is 0.379 e. The zero-order valence-corrected chi connectivity index (χ0v) is 18.6. The highest BCUT2D eigenvalue weighted by atomic mass is 35.5. The monoisotopic (exact) mass is 427 g/mol. The molecule has 0 spiro atoms. The van der Waals surface area contributed by atoms with E-state index in [2.05, 4.69) is 23.6 Å². The maximum atomic E-state index is 13.3. The Morgan fingerprint density at radius 1 is 1.11 bits per heavy atom. The average Bonchev–Trinajstić information content (AvgIpc) is 2.67. The van der Waals surface area contributed by atoms with Crippen LogP contribution in [0.1, 0.15) is 46.0 Å². The van der Waals surface area contributed by atoms with Gasteiger partial charge in [-0.15, -0.1) is 24.8 Å². The van der Waals surface area contributed by atoms with Gasteiger partial charge < -0.3 is 20.1 Å². The van der Waals surface area contributed by atoms with E-state index in [-0.39, 0.29) is 37.0 Å². The molecule has 1 atom stereocenters. The first kappa shape index (κ1) is 26.9. The predicted octanol–water partition coefficient (Wildman–Crippen LogP) is 2.32. The highest BCUT2D eigenvalue weighted by Crippen LogP contribution is 2.24. The maximum Gasteiger partial charge on any atom is 0.240 e. The molecule has 0 saturated carbocycles. The van der Waals surface area contributed by atoms with Crippen LogP contribution in [0.2, 0.25) is 0 Å². The van der Waals surface area contributed by atoms with Crippen LogP contribution < -0.4 is 5.73 Å². The number of carbonyl (C=O) groups excluding carboxylic acids is 1. The van der Waals surface area contributed by atoms with Gasteiger partial charge in [-0.1, -0.05) is 26.7 Å². The van der Waals surface area contributed by atoms with E-state index in [0.717, 1.165) is 78.1 Å². The number of hydrogen-bond acceptors (Lipinski definition) is 5. The van der Waals surface area contributed by atoms with E-state index in [1.165, 1.54) is 0 Å². The van der Waals surface area contributed by atoms with Crippen molar-refractivity contribution in [2.75, 3.05) is 52.5 Å². The molecule has 2 fully saturated rings. The van der Waals surface area contributed by atoms with Crippen molar-refractivity contribution in [1.29, 1.82) is 0 Å². The van der Waals surface area contributed by atoms with Crippen LogP contribution in [0, 0.1) is 5.92 Å². The summed E-state index contributed by atoms with van der Waals surface area (Å²) < 4.78 is 11.4. The minimum atomic E-state index is 0. The number of piperidine rings is 1. The Morgan fingerprint density at radius 3 is 2.22 bits per heavy atom. The molecule has 2 aliphatic heterocycles. The summed E-state index contributed by atoms with van der Waals surface area (Å²) >= 11 is 0. The molecule has 6 nitrogen and oxygen atoms in total. The Balaban J connectivity index is 0.00000338. The summed E-state index contributed by atoms with van der Waals surface area (Å²) in [6.07, 6.45) is 5.16. The van der Waals surface area contributed by atoms with Crippen LogP contribution in [0.25, 0.3) is 0 Å². The van der Waals surface area contributed by atoms with E-state index < -0.39 is 0 Å². The van der Waals surface area contributed by atoms with Crippen molar-refractivity contribution in [2.45, 2.75) is 58.1 Å². The van der Waals surface area contributed by atoms with Crippen molar-refractivity contribution < 1.29 is 14.3 Å². The van der Waals surface area contributed by atoms with Crippen molar-refractivity contribution in [3.8, 4) is 0 Å². The molecule has 1 amide bonds. The fourth-order valence-electron chi connectivity index (χ4n) is 4.01. The predicted molar refractivity (Wildman–Crippen MR) is 114 cm³/mol. The molecule has 0 aliphatic carbocycles. The highest BCUT2D eigenvalue weighted by Gasteiger charge is 2.36. The number of halogens is 2. The summed E-state index contributed by atoms with van der Waals surface area (Å²) in [4.78, 5) is 17.7. The summed E-state index contributed by atoms with van der Waals surface area (Å²) in [5.74, 6) is 0.736. The Morgan fingerprint density at radius 2 is 1.70 bits per heavy atom. The molecule has 0 bridgehead atoms. The van der Waals surface area contributed by atoms with Gasteiger partial charge in [0.1, 0.15) is 0 Å². The molecule has 2 N–H and O–H groups in total. The molecule has 2 saturated heterocycles. The third-order valence-electron chi connectivity index (χ3n) is 5.64. The van der Waals surface area contributed by atoms with E-state index in [9.17, 15) is 4.79 Å². The molecule has 1 unspecified atom stereocenters.